The molecule has 0 aliphatic heterocycles. The Morgan fingerprint density at radius 1 is 1.44 bits per heavy atom. The normalized spacial score (nSPS) is 10.1. The Morgan fingerprint density at radius 3 is 2.88 bits per heavy atom. The Hall–Kier alpha value is -2.10. The van der Waals surface area contributed by atoms with Gasteiger partial charge >= 0.3 is 5.97 Å². The van der Waals surface area contributed by atoms with Crippen LogP contribution in [0.15, 0.2) is 36.8 Å². The average Bonchev–Trinajstić information content (AvgIpc) is 2.74. The number of nitrogens with zero attached hydrogens (tertiary/aromatic N) is 2. The first-order valence-corrected chi connectivity index (χ1v) is 4.87. The molecular weight excluding hydrogens is 204 g/mol. The monoisotopic (exact) mass is 216 g/mol. The predicted octanol–water partition coefficient (Wildman–Crippen LogP) is 1.87. The van der Waals surface area contributed by atoms with Crippen LogP contribution < -0.4 is 0 Å². The van der Waals surface area contributed by atoms with E-state index in [0.717, 1.165) is 11.3 Å². The first-order valence-electron chi connectivity index (χ1n) is 4.87. The molecule has 0 atom stereocenters. The van der Waals surface area contributed by atoms with Gasteiger partial charge in [-0.3, -0.25) is 0 Å². The zero-order chi connectivity index (χ0) is 11.5. The molecule has 16 heavy (non-hydrogen) atoms. The molecule has 2 aromatic rings. The summed E-state index contributed by atoms with van der Waals surface area (Å²) in [5.74, 6) is -0.330. The van der Waals surface area contributed by atoms with Gasteiger partial charge in [0.15, 0.2) is 0 Å². The molecule has 2 rings (SSSR count). The summed E-state index contributed by atoms with van der Waals surface area (Å²) < 4.78 is 6.58. The van der Waals surface area contributed by atoms with Gasteiger partial charge in [0.2, 0.25) is 0 Å². The second-order valence-electron chi connectivity index (χ2n) is 3.46. The topological polar surface area (TPSA) is 44.1 Å². The van der Waals surface area contributed by atoms with Crippen LogP contribution >= 0.6 is 0 Å². The maximum Gasteiger partial charge on any atom is 0.337 e. The van der Waals surface area contributed by atoms with Gasteiger partial charge in [-0.05, 0) is 12.1 Å². The number of ether oxygens (including phenoxy) is 1. The average molecular weight is 216 g/mol. The summed E-state index contributed by atoms with van der Waals surface area (Å²) in [7, 11) is 3.28. The third-order valence-electron chi connectivity index (χ3n) is 2.40. The van der Waals surface area contributed by atoms with E-state index in [2.05, 4.69) is 9.72 Å². The highest BCUT2D eigenvalue weighted by Gasteiger charge is 2.08. The molecule has 0 aliphatic carbocycles. The minimum absolute atomic E-state index is 0.330. The van der Waals surface area contributed by atoms with Crippen molar-refractivity contribution in [1.82, 2.24) is 9.55 Å². The fraction of sp³-hybridized carbons (Fsp3) is 0.167. The van der Waals surface area contributed by atoms with Crippen molar-refractivity contribution in [2.45, 2.75) is 0 Å². The number of aromatic nitrogens is 2. The zero-order valence-corrected chi connectivity index (χ0v) is 9.18. The van der Waals surface area contributed by atoms with Gasteiger partial charge in [-0.15, -0.1) is 0 Å². The van der Waals surface area contributed by atoms with Crippen molar-refractivity contribution < 1.29 is 9.53 Å². The number of carbonyl (C=O) groups is 1. The van der Waals surface area contributed by atoms with Crippen LogP contribution in [0.4, 0.5) is 0 Å². The van der Waals surface area contributed by atoms with Gasteiger partial charge in [0.05, 0.1) is 30.9 Å². The number of methoxy groups -OCH3 is 1. The van der Waals surface area contributed by atoms with Crippen LogP contribution in [0, 0.1) is 0 Å². The van der Waals surface area contributed by atoms with Crippen LogP contribution in [0.3, 0.4) is 0 Å². The van der Waals surface area contributed by atoms with Gasteiger partial charge in [0.25, 0.3) is 0 Å². The minimum atomic E-state index is -0.330. The van der Waals surface area contributed by atoms with Crippen LogP contribution in [0.5, 0.6) is 0 Å². The summed E-state index contributed by atoms with van der Waals surface area (Å²) in [6.07, 6.45) is 3.48. The van der Waals surface area contributed by atoms with Gasteiger partial charge in [-0.1, -0.05) is 12.1 Å². The van der Waals surface area contributed by atoms with Crippen molar-refractivity contribution in [2.24, 2.45) is 7.05 Å². The maximum atomic E-state index is 11.4. The summed E-state index contributed by atoms with van der Waals surface area (Å²) >= 11 is 0. The van der Waals surface area contributed by atoms with Gasteiger partial charge in [0, 0.05) is 12.6 Å². The van der Waals surface area contributed by atoms with E-state index in [4.69, 9.17) is 0 Å². The van der Waals surface area contributed by atoms with Crippen molar-refractivity contribution >= 4 is 5.97 Å². The summed E-state index contributed by atoms with van der Waals surface area (Å²) in [5.41, 5.74) is 2.45. The second-order valence-corrected chi connectivity index (χ2v) is 3.46. The molecule has 0 N–H and O–H groups in total. The molecule has 0 unspecified atom stereocenters. The fourth-order valence-corrected chi connectivity index (χ4v) is 1.56. The molecule has 82 valence electrons. The molecule has 4 heteroatoms. The molecule has 0 radical (unpaired) electrons. The lowest BCUT2D eigenvalue weighted by atomic mass is 10.1. The Labute approximate surface area is 93.5 Å². The lowest BCUT2D eigenvalue weighted by Crippen LogP contribution is -2.01. The lowest BCUT2D eigenvalue weighted by molar-refractivity contribution is 0.0601. The highest BCUT2D eigenvalue weighted by Crippen LogP contribution is 2.19. The first-order chi connectivity index (χ1) is 7.72. The Kier molecular flexibility index (Phi) is 2.72. The smallest absolute Gasteiger partial charge is 0.337 e. The number of carbonyl (C=O) groups excluding carboxylic acids is 1. The van der Waals surface area contributed by atoms with E-state index in [1.54, 1.807) is 24.7 Å². The molecule has 0 saturated heterocycles. The highest BCUT2D eigenvalue weighted by molar-refractivity contribution is 5.90. The number of hydrogen-bond acceptors (Lipinski definition) is 3. The standard InChI is InChI=1S/C12H12N2O2/c1-14-8-13-7-11(14)9-4-3-5-10(6-9)12(15)16-2/h3-8H,1-2H3. The maximum absolute atomic E-state index is 11.4. The SMILES string of the molecule is COC(=O)c1cccc(-c2cncn2C)c1. The molecule has 0 saturated carbocycles. The lowest BCUT2D eigenvalue weighted by Gasteiger charge is -2.04. The first kappa shape index (κ1) is 10.4. The van der Waals surface area contributed by atoms with E-state index in [9.17, 15) is 4.79 Å². The molecule has 1 aromatic carbocycles. The Morgan fingerprint density at radius 2 is 2.25 bits per heavy atom. The third-order valence-corrected chi connectivity index (χ3v) is 2.40. The minimum Gasteiger partial charge on any atom is -0.465 e. The van der Waals surface area contributed by atoms with E-state index in [1.807, 2.05) is 23.7 Å². The number of rotatable bonds is 2. The molecule has 4 nitrogen and oxygen atoms in total. The summed E-state index contributed by atoms with van der Waals surface area (Å²) in [6.45, 7) is 0. The molecular formula is C12H12N2O2. The van der Waals surface area contributed by atoms with E-state index >= 15 is 0 Å². The number of hydrogen-bond donors (Lipinski definition) is 0. The molecule has 0 bridgehead atoms. The molecule has 0 fully saturated rings. The van der Waals surface area contributed by atoms with Crippen LogP contribution in [-0.2, 0) is 11.8 Å². The van der Waals surface area contributed by atoms with Crippen molar-refractivity contribution in [1.29, 1.82) is 0 Å². The Balaban J connectivity index is 2.44. The summed E-state index contributed by atoms with van der Waals surface area (Å²) in [4.78, 5) is 15.4. The van der Waals surface area contributed by atoms with Crippen molar-refractivity contribution in [2.75, 3.05) is 7.11 Å². The van der Waals surface area contributed by atoms with E-state index in [-0.39, 0.29) is 5.97 Å². The van der Waals surface area contributed by atoms with Gasteiger partial charge < -0.3 is 9.30 Å². The predicted molar refractivity (Wildman–Crippen MR) is 60.0 cm³/mol. The van der Waals surface area contributed by atoms with Crippen molar-refractivity contribution in [3.05, 3.63) is 42.4 Å². The highest BCUT2D eigenvalue weighted by atomic mass is 16.5. The number of benzene rings is 1. The van der Waals surface area contributed by atoms with Crippen LogP contribution in [0.25, 0.3) is 11.3 Å². The van der Waals surface area contributed by atoms with Crippen molar-refractivity contribution in [3.8, 4) is 11.3 Å². The molecule has 0 amide bonds. The molecule has 0 spiro atoms. The summed E-state index contributed by atoms with van der Waals surface area (Å²) in [5, 5.41) is 0. The Bertz CT molecular complexity index is 517. The number of aryl methyl sites for hydroxylation is 1. The number of esters is 1. The zero-order valence-electron chi connectivity index (χ0n) is 9.18. The van der Waals surface area contributed by atoms with Gasteiger partial charge in [0.1, 0.15) is 0 Å². The number of imidazole rings is 1. The van der Waals surface area contributed by atoms with E-state index in [1.165, 1.54) is 7.11 Å². The molecule has 1 aromatic heterocycles. The van der Waals surface area contributed by atoms with Crippen LogP contribution in [0.2, 0.25) is 0 Å². The van der Waals surface area contributed by atoms with Crippen LogP contribution in [0.1, 0.15) is 10.4 Å². The molecule has 1 heterocycles. The third kappa shape index (κ3) is 1.82. The fourth-order valence-electron chi connectivity index (χ4n) is 1.56. The van der Waals surface area contributed by atoms with Gasteiger partial charge in [-0.2, -0.15) is 0 Å². The summed E-state index contributed by atoms with van der Waals surface area (Å²) in [6, 6.07) is 7.28. The second kappa shape index (κ2) is 4.18. The van der Waals surface area contributed by atoms with Crippen LogP contribution in [-0.4, -0.2) is 22.6 Å². The molecule has 0 aliphatic rings. The van der Waals surface area contributed by atoms with E-state index in [0.29, 0.717) is 5.56 Å². The van der Waals surface area contributed by atoms with Crippen molar-refractivity contribution in [3.63, 3.8) is 0 Å². The quantitative estimate of drug-likeness (QED) is 0.720. The largest absolute Gasteiger partial charge is 0.465 e. The van der Waals surface area contributed by atoms with Gasteiger partial charge in [-0.25, -0.2) is 9.78 Å². The van der Waals surface area contributed by atoms with E-state index < -0.39 is 0 Å².